The average Bonchev–Trinajstić information content (AvgIpc) is 2.70. The predicted octanol–water partition coefficient (Wildman–Crippen LogP) is 1.19. The van der Waals surface area contributed by atoms with Gasteiger partial charge in [0.05, 0.1) is 6.42 Å². The van der Waals surface area contributed by atoms with E-state index in [9.17, 15) is 14.4 Å². The number of amides is 3. The molecule has 0 aliphatic carbocycles. The number of benzene rings is 1. The fraction of sp³-hybridized carbons (Fsp3) is 0.375. The van der Waals surface area contributed by atoms with Gasteiger partial charge in [-0.1, -0.05) is 12.1 Å². The molecule has 1 aromatic rings. The van der Waals surface area contributed by atoms with E-state index in [-0.39, 0.29) is 29.3 Å². The van der Waals surface area contributed by atoms with Crippen molar-refractivity contribution in [2.75, 3.05) is 11.9 Å². The number of nitrogens with zero attached hydrogens (tertiary/aromatic N) is 2. The van der Waals surface area contributed by atoms with Gasteiger partial charge in [0, 0.05) is 19.2 Å². The fourth-order valence-corrected chi connectivity index (χ4v) is 2.92. The molecule has 0 radical (unpaired) electrons. The number of hydrazine groups is 1. The van der Waals surface area contributed by atoms with Crippen LogP contribution in [-0.2, 0) is 14.4 Å². The van der Waals surface area contributed by atoms with Gasteiger partial charge in [-0.15, -0.1) is 0 Å². The zero-order chi connectivity index (χ0) is 17.9. The first-order chi connectivity index (χ1) is 11.3. The van der Waals surface area contributed by atoms with Gasteiger partial charge in [0.15, 0.2) is 5.11 Å². The van der Waals surface area contributed by atoms with Crippen molar-refractivity contribution >= 4 is 40.7 Å². The minimum atomic E-state index is -0.842. The number of likely N-dealkylation sites (N-methyl/N-ethyl adjacent to an activating group) is 1. The molecule has 128 valence electrons. The van der Waals surface area contributed by atoms with Crippen molar-refractivity contribution in [3.8, 4) is 0 Å². The van der Waals surface area contributed by atoms with Crippen LogP contribution in [0.1, 0.15) is 25.8 Å². The van der Waals surface area contributed by atoms with Crippen molar-refractivity contribution in [2.45, 2.75) is 33.2 Å². The molecule has 8 heteroatoms. The average molecular weight is 348 g/mol. The molecule has 1 saturated heterocycles. The summed E-state index contributed by atoms with van der Waals surface area (Å²) < 4.78 is 0. The van der Waals surface area contributed by atoms with Crippen LogP contribution in [0.15, 0.2) is 24.3 Å². The maximum absolute atomic E-state index is 12.4. The van der Waals surface area contributed by atoms with Gasteiger partial charge in [-0.05, 0) is 43.8 Å². The lowest BCUT2D eigenvalue weighted by Gasteiger charge is -2.23. The Morgan fingerprint density at radius 1 is 1.33 bits per heavy atom. The lowest BCUT2D eigenvalue weighted by molar-refractivity contribution is -0.132. The highest BCUT2D eigenvalue weighted by Gasteiger charge is 2.43. The van der Waals surface area contributed by atoms with Crippen LogP contribution < -0.4 is 10.7 Å². The molecule has 0 spiro atoms. The highest BCUT2D eigenvalue weighted by atomic mass is 32.1. The minimum absolute atomic E-state index is 0.107. The van der Waals surface area contributed by atoms with Crippen LogP contribution in [0.5, 0.6) is 0 Å². The van der Waals surface area contributed by atoms with Crippen LogP contribution in [0.25, 0.3) is 0 Å². The lowest BCUT2D eigenvalue weighted by atomic mass is 10.1. The Kier molecular flexibility index (Phi) is 5.50. The highest BCUT2D eigenvalue weighted by Crippen LogP contribution is 2.19. The molecule has 0 saturated carbocycles. The van der Waals surface area contributed by atoms with Crippen LogP contribution in [0, 0.1) is 6.92 Å². The van der Waals surface area contributed by atoms with E-state index in [1.807, 2.05) is 25.1 Å². The summed E-state index contributed by atoms with van der Waals surface area (Å²) in [4.78, 5) is 37.5. The Morgan fingerprint density at radius 3 is 2.62 bits per heavy atom. The molecule has 1 heterocycles. The summed E-state index contributed by atoms with van der Waals surface area (Å²) >= 11 is 5.22. The predicted molar refractivity (Wildman–Crippen MR) is 93.9 cm³/mol. The van der Waals surface area contributed by atoms with Crippen LogP contribution in [0.2, 0.25) is 0 Å². The van der Waals surface area contributed by atoms with Gasteiger partial charge in [0.2, 0.25) is 11.8 Å². The Morgan fingerprint density at radius 2 is 2.04 bits per heavy atom. The maximum atomic E-state index is 12.4. The van der Waals surface area contributed by atoms with Gasteiger partial charge in [-0.3, -0.25) is 24.7 Å². The largest absolute Gasteiger partial charge is 0.326 e. The molecule has 1 aromatic carbocycles. The van der Waals surface area contributed by atoms with Gasteiger partial charge >= 0.3 is 0 Å². The lowest BCUT2D eigenvalue weighted by Crippen LogP contribution is -2.49. The molecule has 1 fully saturated rings. The molecule has 1 unspecified atom stereocenters. The van der Waals surface area contributed by atoms with E-state index in [1.54, 1.807) is 13.0 Å². The molecule has 2 N–H and O–H groups in total. The topological polar surface area (TPSA) is 81.8 Å². The molecular weight excluding hydrogens is 328 g/mol. The van der Waals surface area contributed by atoms with Crippen molar-refractivity contribution in [3.63, 3.8) is 0 Å². The zero-order valence-electron chi connectivity index (χ0n) is 13.8. The monoisotopic (exact) mass is 348 g/mol. The first-order valence-corrected chi connectivity index (χ1v) is 8.02. The smallest absolute Gasteiger partial charge is 0.254 e. The number of carbonyl (C=O) groups is 3. The number of nitrogens with one attached hydrogen (secondary N) is 2. The van der Waals surface area contributed by atoms with Crippen LogP contribution >= 0.6 is 12.2 Å². The maximum Gasteiger partial charge on any atom is 0.254 e. The summed E-state index contributed by atoms with van der Waals surface area (Å²) in [7, 11) is 0. The summed E-state index contributed by atoms with van der Waals surface area (Å²) in [6.07, 6.45) is -0.107. The number of thiocarbonyl (C=S) groups is 1. The highest BCUT2D eigenvalue weighted by molar-refractivity contribution is 7.80. The van der Waals surface area contributed by atoms with E-state index in [1.165, 1.54) is 16.8 Å². The molecule has 7 nitrogen and oxygen atoms in total. The number of rotatable bonds is 5. The van der Waals surface area contributed by atoms with Gasteiger partial charge < -0.3 is 5.32 Å². The van der Waals surface area contributed by atoms with Gasteiger partial charge in [-0.25, -0.2) is 5.01 Å². The Bertz CT molecular complexity index is 692. The van der Waals surface area contributed by atoms with Crippen LogP contribution in [0.3, 0.4) is 0 Å². The number of hydrogen-bond acceptors (Lipinski definition) is 4. The standard InChI is InChI=1S/C16H20N4O3S/c1-4-19-15(23)13(20(16(19)24)18-11(3)21)9-14(22)17-12-7-5-6-10(2)8-12/h5-8,13H,4,9H2,1-3H3,(H,17,22)(H,18,21). The third kappa shape index (κ3) is 3.88. The summed E-state index contributed by atoms with van der Waals surface area (Å²) in [6, 6.07) is 6.53. The fourth-order valence-electron chi connectivity index (χ4n) is 2.52. The molecule has 3 amide bonds. The molecular formula is C16H20N4O3S. The first-order valence-electron chi connectivity index (χ1n) is 7.61. The molecule has 2 rings (SSSR count). The van der Waals surface area contributed by atoms with Crippen LogP contribution in [-0.4, -0.2) is 45.3 Å². The summed E-state index contributed by atoms with van der Waals surface area (Å²) in [6.45, 7) is 5.41. The normalized spacial score (nSPS) is 17.2. The van der Waals surface area contributed by atoms with Crippen molar-refractivity contribution in [1.29, 1.82) is 0 Å². The van der Waals surface area contributed by atoms with Gasteiger partial charge in [0.25, 0.3) is 5.91 Å². The molecule has 0 aromatic heterocycles. The second-order valence-corrected chi connectivity index (χ2v) is 5.91. The molecule has 24 heavy (non-hydrogen) atoms. The van der Waals surface area contributed by atoms with Gasteiger partial charge in [-0.2, -0.15) is 0 Å². The summed E-state index contributed by atoms with van der Waals surface area (Å²) in [5.74, 6) is -0.974. The Hall–Kier alpha value is -2.48. The molecule has 0 bridgehead atoms. The van der Waals surface area contributed by atoms with E-state index in [4.69, 9.17) is 12.2 Å². The van der Waals surface area contributed by atoms with E-state index in [0.717, 1.165) is 5.56 Å². The minimum Gasteiger partial charge on any atom is -0.326 e. The van der Waals surface area contributed by atoms with Crippen LogP contribution in [0.4, 0.5) is 5.69 Å². The van der Waals surface area contributed by atoms with Crippen molar-refractivity contribution < 1.29 is 14.4 Å². The Balaban J connectivity index is 2.12. The van der Waals surface area contributed by atoms with E-state index in [0.29, 0.717) is 12.2 Å². The van der Waals surface area contributed by atoms with Crippen molar-refractivity contribution in [2.24, 2.45) is 0 Å². The van der Waals surface area contributed by atoms with Crippen molar-refractivity contribution in [3.05, 3.63) is 29.8 Å². The van der Waals surface area contributed by atoms with E-state index in [2.05, 4.69) is 10.7 Å². The molecule has 1 atom stereocenters. The Labute approximate surface area is 146 Å². The third-order valence-electron chi connectivity index (χ3n) is 3.57. The molecule has 1 aliphatic rings. The number of carbonyl (C=O) groups excluding carboxylic acids is 3. The van der Waals surface area contributed by atoms with Crippen molar-refractivity contribution in [1.82, 2.24) is 15.3 Å². The number of anilines is 1. The summed E-state index contributed by atoms with van der Waals surface area (Å²) in [5.41, 5.74) is 4.20. The zero-order valence-corrected chi connectivity index (χ0v) is 14.6. The van der Waals surface area contributed by atoms with E-state index >= 15 is 0 Å². The number of aryl methyl sites for hydroxylation is 1. The third-order valence-corrected chi connectivity index (χ3v) is 3.99. The quantitative estimate of drug-likeness (QED) is 0.781. The SMILES string of the molecule is CCN1C(=O)C(CC(=O)Nc2cccc(C)c2)N(NC(C)=O)C1=S. The second kappa shape index (κ2) is 7.39. The molecule has 1 aliphatic heterocycles. The summed E-state index contributed by atoms with van der Waals surface area (Å²) in [5, 5.41) is 4.25. The first kappa shape index (κ1) is 17.9. The number of hydrogen-bond donors (Lipinski definition) is 2. The van der Waals surface area contributed by atoms with E-state index < -0.39 is 6.04 Å². The second-order valence-electron chi connectivity index (χ2n) is 5.54. The van der Waals surface area contributed by atoms with Gasteiger partial charge in [0.1, 0.15) is 6.04 Å².